The normalized spacial score (nSPS) is 19.4. The molecule has 1 aromatic carbocycles. The molecule has 1 heterocycles. The van der Waals surface area contributed by atoms with E-state index in [1.165, 1.54) is 0 Å². The number of anilines is 1. The Kier molecular flexibility index (Phi) is 4.25. The fraction of sp³-hybridized carbons (Fsp3) is 0.385. The Bertz CT molecular complexity index is 444. The number of Topliss-reactive ketones (excluding diaryl/α,β-unsaturated/α-hetero) is 1. The van der Waals surface area contributed by atoms with Gasteiger partial charge in [-0.15, -0.1) is 0 Å². The van der Waals surface area contributed by atoms with Crippen molar-refractivity contribution in [1.29, 1.82) is 0 Å². The third kappa shape index (κ3) is 3.04. The highest BCUT2D eigenvalue weighted by Crippen LogP contribution is 2.22. The summed E-state index contributed by atoms with van der Waals surface area (Å²) in [6.45, 7) is 0. The SMILES string of the molecule is COc1ccc(NC(=O)C2CSCCC2=O)cc1. The van der Waals surface area contributed by atoms with Crippen molar-refractivity contribution in [3.8, 4) is 5.75 Å². The Morgan fingerprint density at radius 3 is 2.72 bits per heavy atom. The van der Waals surface area contributed by atoms with Gasteiger partial charge >= 0.3 is 0 Å². The van der Waals surface area contributed by atoms with Crippen LogP contribution in [0.3, 0.4) is 0 Å². The molecule has 1 N–H and O–H groups in total. The zero-order valence-electron chi connectivity index (χ0n) is 10.1. The summed E-state index contributed by atoms with van der Waals surface area (Å²) in [6.07, 6.45) is 0.491. The van der Waals surface area contributed by atoms with Crippen molar-refractivity contribution in [2.45, 2.75) is 6.42 Å². The maximum Gasteiger partial charge on any atom is 0.235 e. The van der Waals surface area contributed by atoms with Gasteiger partial charge in [-0.25, -0.2) is 0 Å². The Balaban J connectivity index is 1.99. The van der Waals surface area contributed by atoms with Gasteiger partial charge in [-0.05, 0) is 24.3 Å². The predicted octanol–water partition coefficient (Wildman–Crippen LogP) is 1.96. The molecule has 1 unspecified atom stereocenters. The van der Waals surface area contributed by atoms with Crippen molar-refractivity contribution in [3.05, 3.63) is 24.3 Å². The van der Waals surface area contributed by atoms with Crippen LogP contribution in [0.1, 0.15) is 6.42 Å². The van der Waals surface area contributed by atoms with E-state index in [4.69, 9.17) is 4.74 Å². The van der Waals surface area contributed by atoms with Gasteiger partial charge in [0, 0.05) is 23.6 Å². The maximum absolute atomic E-state index is 12.0. The summed E-state index contributed by atoms with van der Waals surface area (Å²) in [5.74, 6) is 1.46. The summed E-state index contributed by atoms with van der Waals surface area (Å²) < 4.78 is 5.04. The molecule has 1 aliphatic rings. The topological polar surface area (TPSA) is 55.4 Å². The maximum atomic E-state index is 12.0. The van der Waals surface area contributed by atoms with Gasteiger partial charge in [-0.3, -0.25) is 9.59 Å². The fourth-order valence-electron chi connectivity index (χ4n) is 1.77. The summed E-state index contributed by atoms with van der Waals surface area (Å²) in [6, 6.07) is 7.06. The van der Waals surface area contributed by atoms with E-state index >= 15 is 0 Å². The zero-order chi connectivity index (χ0) is 13.0. The third-order valence-electron chi connectivity index (χ3n) is 2.84. The lowest BCUT2D eigenvalue weighted by molar-refractivity contribution is -0.130. The Hall–Kier alpha value is -1.49. The van der Waals surface area contributed by atoms with Crippen LogP contribution in [-0.4, -0.2) is 30.3 Å². The van der Waals surface area contributed by atoms with Gasteiger partial charge < -0.3 is 10.1 Å². The average Bonchev–Trinajstić information content (AvgIpc) is 2.40. The minimum atomic E-state index is -0.508. The number of rotatable bonds is 3. The quantitative estimate of drug-likeness (QED) is 0.849. The molecule has 0 spiro atoms. The van der Waals surface area contributed by atoms with E-state index in [0.717, 1.165) is 11.5 Å². The number of carbonyl (C=O) groups is 2. The van der Waals surface area contributed by atoms with Gasteiger partial charge in [-0.1, -0.05) is 0 Å². The predicted molar refractivity (Wildman–Crippen MR) is 72.1 cm³/mol. The first-order chi connectivity index (χ1) is 8.70. The molecule has 0 radical (unpaired) electrons. The van der Waals surface area contributed by atoms with Crippen LogP contribution < -0.4 is 10.1 Å². The van der Waals surface area contributed by atoms with Crippen LogP contribution in [0.4, 0.5) is 5.69 Å². The number of amides is 1. The molecule has 96 valence electrons. The van der Waals surface area contributed by atoms with E-state index in [9.17, 15) is 9.59 Å². The van der Waals surface area contributed by atoms with Gasteiger partial charge in [0.2, 0.25) is 5.91 Å². The van der Waals surface area contributed by atoms with Crippen molar-refractivity contribution in [1.82, 2.24) is 0 Å². The fourth-order valence-corrected chi connectivity index (χ4v) is 2.85. The first-order valence-electron chi connectivity index (χ1n) is 5.76. The molecule has 18 heavy (non-hydrogen) atoms. The monoisotopic (exact) mass is 265 g/mol. The lowest BCUT2D eigenvalue weighted by atomic mass is 10.0. The van der Waals surface area contributed by atoms with Crippen LogP contribution in [-0.2, 0) is 9.59 Å². The second-order valence-corrected chi connectivity index (χ2v) is 5.21. The molecule has 1 aliphatic heterocycles. The van der Waals surface area contributed by atoms with Crippen LogP contribution in [0.5, 0.6) is 5.75 Å². The molecule has 1 fully saturated rings. The number of thioether (sulfide) groups is 1. The van der Waals surface area contributed by atoms with Gasteiger partial charge in [0.25, 0.3) is 0 Å². The lowest BCUT2D eigenvalue weighted by Gasteiger charge is -2.19. The minimum absolute atomic E-state index is 0.0414. The first kappa shape index (κ1) is 13.0. The molecular formula is C13H15NO3S. The van der Waals surface area contributed by atoms with Crippen molar-refractivity contribution in [2.75, 3.05) is 23.9 Å². The van der Waals surface area contributed by atoms with Gasteiger partial charge in [0.1, 0.15) is 17.5 Å². The van der Waals surface area contributed by atoms with Crippen molar-refractivity contribution in [2.24, 2.45) is 5.92 Å². The molecule has 0 aliphatic carbocycles. The summed E-state index contributed by atoms with van der Waals surface area (Å²) >= 11 is 1.65. The number of ether oxygens (including phenoxy) is 1. The van der Waals surface area contributed by atoms with E-state index in [2.05, 4.69) is 5.32 Å². The standard InChI is InChI=1S/C13H15NO3S/c1-17-10-4-2-9(3-5-10)14-13(16)11-8-18-7-6-12(11)15/h2-5,11H,6-8H2,1H3,(H,14,16). The molecule has 4 nitrogen and oxygen atoms in total. The minimum Gasteiger partial charge on any atom is -0.497 e. The smallest absolute Gasteiger partial charge is 0.235 e. The number of benzene rings is 1. The highest BCUT2D eigenvalue weighted by atomic mass is 32.2. The molecule has 2 rings (SSSR count). The van der Waals surface area contributed by atoms with Crippen LogP contribution >= 0.6 is 11.8 Å². The van der Waals surface area contributed by atoms with E-state index in [1.807, 2.05) is 0 Å². The number of methoxy groups -OCH3 is 1. The first-order valence-corrected chi connectivity index (χ1v) is 6.91. The largest absolute Gasteiger partial charge is 0.497 e. The molecule has 1 saturated heterocycles. The van der Waals surface area contributed by atoms with E-state index in [0.29, 0.717) is 17.9 Å². The number of hydrogen-bond acceptors (Lipinski definition) is 4. The Morgan fingerprint density at radius 2 is 2.11 bits per heavy atom. The number of carbonyl (C=O) groups excluding carboxylic acids is 2. The molecule has 1 aromatic rings. The summed E-state index contributed by atoms with van der Waals surface area (Å²) in [5, 5.41) is 2.76. The molecule has 5 heteroatoms. The third-order valence-corrected chi connectivity index (χ3v) is 3.90. The van der Waals surface area contributed by atoms with Gasteiger partial charge in [0.15, 0.2) is 0 Å². The highest BCUT2D eigenvalue weighted by Gasteiger charge is 2.29. The van der Waals surface area contributed by atoms with Gasteiger partial charge in [0.05, 0.1) is 7.11 Å². The van der Waals surface area contributed by atoms with Crippen LogP contribution in [0.15, 0.2) is 24.3 Å². The highest BCUT2D eigenvalue weighted by molar-refractivity contribution is 7.99. The van der Waals surface area contributed by atoms with Crippen LogP contribution in [0, 0.1) is 5.92 Å². The number of hydrogen-bond donors (Lipinski definition) is 1. The summed E-state index contributed by atoms with van der Waals surface area (Å²) in [5.41, 5.74) is 0.684. The van der Waals surface area contributed by atoms with Crippen LogP contribution in [0.2, 0.25) is 0 Å². The second-order valence-electron chi connectivity index (χ2n) is 4.06. The lowest BCUT2D eigenvalue weighted by Crippen LogP contribution is -2.34. The van der Waals surface area contributed by atoms with Crippen molar-refractivity contribution < 1.29 is 14.3 Å². The zero-order valence-corrected chi connectivity index (χ0v) is 11.0. The molecule has 0 saturated carbocycles. The molecule has 1 atom stereocenters. The van der Waals surface area contributed by atoms with E-state index < -0.39 is 5.92 Å². The molecule has 1 amide bonds. The molecule has 0 bridgehead atoms. The summed E-state index contributed by atoms with van der Waals surface area (Å²) in [4.78, 5) is 23.6. The van der Waals surface area contributed by atoms with Gasteiger partial charge in [-0.2, -0.15) is 11.8 Å². The Morgan fingerprint density at radius 1 is 1.39 bits per heavy atom. The number of nitrogens with one attached hydrogen (secondary N) is 1. The Labute approximate surface area is 110 Å². The summed E-state index contributed by atoms with van der Waals surface area (Å²) in [7, 11) is 1.59. The molecule has 0 aromatic heterocycles. The molecular weight excluding hydrogens is 250 g/mol. The van der Waals surface area contributed by atoms with E-state index in [1.54, 1.807) is 43.1 Å². The van der Waals surface area contributed by atoms with Crippen molar-refractivity contribution >= 4 is 29.1 Å². The van der Waals surface area contributed by atoms with E-state index in [-0.39, 0.29) is 11.7 Å². The van der Waals surface area contributed by atoms with Crippen LogP contribution in [0.25, 0.3) is 0 Å². The number of ketones is 1. The average molecular weight is 265 g/mol. The second kappa shape index (κ2) is 5.91. The van der Waals surface area contributed by atoms with Crippen molar-refractivity contribution in [3.63, 3.8) is 0 Å².